The number of hydrogen-bond acceptors (Lipinski definition) is 3. The van der Waals surface area contributed by atoms with Gasteiger partial charge in [-0.25, -0.2) is 0 Å². The van der Waals surface area contributed by atoms with Crippen LogP contribution in [0.15, 0.2) is 24.3 Å². The van der Waals surface area contributed by atoms with Crippen LogP contribution in [-0.4, -0.2) is 39.8 Å². The normalized spacial score (nSPS) is 27.7. The third kappa shape index (κ3) is 3.50. The van der Waals surface area contributed by atoms with Crippen molar-refractivity contribution >= 4 is 5.97 Å². The molecular formula is C18H25NO3. The molecule has 1 heterocycles. The Bertz CT molecular complexity index is 534. The minimum absolute atomic E-state index is 0.0829. The van der Waals surface area contributed by atoms with Gasteiger partial charge in [0.1, 0.15) is 0 Å². The Balaban J connectivity index is 1.48. The van der Waals surface area contributed by atoms with Gasteiger partial charge in [0, 0.05) is 19.6 Å². The number of aliphatic carboxylic acids is 1. The fourth-order valence-corrected chi connectivity index (χ4v) is 3.63. The predicted molar refractivity (Wildman–Crippen MR) is 84.4 cm³/mol. The summed E-state index contributed by atoms with van der Waals surface area (Å²) >= 11 is 0. The van der Waals surface area contributed by atoms with Gasteiger partial charge in [-0.2, -0.15) is 0 Å². The molecule has 1 aromatic carbocycles. The summed E-state index contributed by atoms with van der Waals surface area (Å²) in [5.41, 5.74) is 1.91. The van der Waals surface area contributed by atoms with E-state index in [0.29, 0.717) is 11.8 Å². The first-order valence-corrected chi connectivity index (χ1v) is 8.09. The van der Waals surface area contributed by atoms with Crippen molar-refractivity contribution in [3.8, 4) is 0 Å². The van der Waals surface area contributed by atoms with Crippen LogP contribution in [0.3, 0.4) is 0 Å². The zero-order chi connectivity index (χ0) is 15.9. The summed E-state index contributed by atoms with van der Waals surface area (Å²) in [5, 5.41) is 18.8. The molecule has 2 fully saturated rings. The lowest BCUT2D eigenvalue weighted by Crippen LogP contribution is -2.25. The molecule has 0 amide bonds. The van der Waals surface area contributed by atoms with Gasteiger partial charge < -0.3 is 10.2 Å². The molecule has 4 heteroatoms. The number of benzene rings is 1. The van der Waals surface area contributed by atoms with Crippen molar-refractivity contribution in [3.63, 3.8) is 0 Å². The zero-order valence-electron chi connectivity index (χ0n) is 13.3. The lowest BCUT2D eigenvalue weighted by Gasteiger charge is -2.19. The summed E-state index contributed by atoms with van der Waals surface area (Å²) in [6, 6.07) is 8.58. The number of carbonyl (C=O) groups is 1. The van der Waals surface area contributed by atoms with Crippen LogP contribution in [-0.2, 0) is 17.8 Å². The number of aryl methyl sites for hydroxylation is 1. The molecule has 1 saturated carbocycles. The van der Waals surface area contributed by atoms with E-state index in [1.807, 2.05) is 13.8 Å². The summed E-state index contributed by atoms with van der Waals surface area (Å²) in [7, 11) is 0. The highest BCUT2D eigenvalue weighted by Gasteiger charge is 2.59. The Morgan fingerprint density at radius 2 is 1.73 bits per heavy atom. The van der Waals surface area contributed by atoms with Gasteiger partial charge in [0.25, 0.3) is 0 Å². The van der Waals surface area contributed by atoms with E-state index in [1.165, 1.54) is 11.1 Å². The van der Waals surface area contributed by atoms with Gasteiger partial charge in [-0.1, -0.05) is 24.3 Å². The molecule has 1 saturated heterocycles. The van der Waals surface area contributed by atoms with Gasteiger partial charge in [-0.3, -0.25) is 9.69 Å². The number of likely N-dealkylation sites (tertiary alicyclic amines) is 1. The maximum Gasteiger partial charge on any atom is 0.307 e. The van der Waals surface area contributed by atoms with Crippen LogP contribution in [0.1, 0.15) is 31.4 Å². The lowest BCUT2D eigenvalue weighted by atomic mass is 9.98. The summed E-state index contributed by atoms with van der Waals surface area (Å²) in [4.78, 5) is 13.3. The van der Waals surface area contributed by atoms with Crippen LogP contribution >= 0.6 is 0 Å². The molecule has 1 unspecified atom stereocenters. The largest absolute Gasteiger partial charge is 0.481 e. The number of carboxylic acids is 1. The van der Waals surface area contributed by atoms with Crippen LogP contribution in [0.2, 0.25) is 0 Å². The minimum Gasteiger partial charge on any atom is -0.481 e. The Morgan fingerprint density at radius 3 is 2.23 bits per heavy atom. The van der Waals surface area contributed by atoms with Gasteiger partial charge in [-0.15, -0.1) is 0 Å². The second kappa shape index (κ2) is 5.67. The van der Waals surface area contributed by atoms with Gasteiger partial charge in [-0.05, 0) is 49.7 Å². The standard InChI is InChI=1S/C18H25NO3/c1-18(2,22)8-7-12-3-5-13(6-4-12)9-19-10-14-15(11-19)16(14)17(20)21/h3-6,14-16,22H,7-11H2,1-2H3,(H,20,21)/t14-,15+,16?. The zero-order valence-corrected chi connectivity index (χ0v) is 13.3. The molecule has 1 aromatic rings. The third-order valence-corrected chi connectivity index (χ3v) is 5.01. The van der Waals surface area contributed by atoms with Gasteiger partial charge >= 0.3 is 5.97 Å². The highest BCUT2D eigenvalue weighted by molar-refractivity contribution is 5.74. The second-order valence-corrected chi connectivity index (χ2v) is 7.51. The van der Waals surface area contributed by atoms with Crippen molar-refractivity contribution in [1.29, 1.82) is 0 Å². The maximum atomic E-state index is 11.0. The molecule has 0 spiro atoms. The Morgan fingerprint density at radius 1 is 1.18 bits per heavy atom. The average molecular weight is 303 g/mol. The van der Waals surface area contributed by atoms with Crippen molar-refractivity contribution in [2.75, 3.05) is 13.1 Å². The average Bonchev–Trinajstić information content (AvgIpc) is 2.95. The van der Waals surface area contributed by atoms with E-state index in [2.05, 4.69) is 29.2 Å². The minimum atomic E-state index is -0.620. The molecule has 1 aliphatic heterocycles. The molecule has 0 bridgehead atoms. The van der Waals surface area contributed by atoms with Crippen molar-refractivity contribution < 1.29 is 15.0 Å². The van der Waals surface area contributed by atoms with Crippen molar-refractivity contribution in [1.82, 2.24) is 4.90 Å². The number of aliphatic hydroxyl groups is 1. The maximum absolute atomic E-state index is 11.0. The smallest absolute Gasteiger partial charge is 0.307 e. The van der Waals surface area contributed by atoms with Gasteiger partial charge in [0.2, 0.25) is 0 Å². The second-order valence-electron chi connectivity index (χ2n) is 7.51. The molecule has 3 rings (SSSR count). The fraction of sp³-hybridized carbons (Fsp3) is 0.611. The van der Waals surface area contributed by atoms with Crippen molar-refractivity contribution in [2.24, 2.45) is 17.8 Å². The van der Waals surface area contributed by atoms with E-state index in [-0.39, 0.29) is 5.92 Å². The summed E-state index contributed by atoms with van der Waals surface area (Å²) in [6.07, 6.45) is 1.65. The van der Waals surface area contributed by atoms with Crippen LogP contribution in [0.4, 0.5) is 0 Å². The molecule has 22 heavy (non-hydrogen) atoms. The van der Waals surface area contributed by atoms with Crippen LogP contribution in [0.5, 0.6) is 0 Å². The van der Waals surface area contributed by atoms with Crippen molar-refractivity contribution in [2.45, 2.75) is 38.8 Å². The number of fused-ring (bicyclic) bond motifs is 1. The van der Waals surface area contributed by atoms with Gasteiger partial charge in [0.05, 0.1) is 11.5 Å². The van der Waals surface area contributed by atoms with E-state index in [9.17, 15) is 9.90 Å². The monoisotopic (exact) mass is 303 g/mol. The Labute approximate surface area is 131 Å². The first kappa shape index (κ1) is 15.5. The number of carboxylic acid groups (broad SMARTS) is 1. The lowest BCUT2D eigenvalue weighted by molar-refractivity contribution is -0.139. The summed E-state index contributed by atoms with van der Waals surface area (Å²) < 4.78 is 0. The molecule has 2 N–H and O–H groups in total. The first-order chi connectivity index (χ1) is 10.3. The van der Waals surface area contributed by atoms with Crippen molar-refractivity contribution in [3.05, 3.63) is 35.4 Å². The summed E-state index contributed by atoms with van der Waals surface area (Å²) in [5.74, 6) is 0.0541. The van der Waals surface area contributed by atoms with Crippen LogP contribution in [0, 0.1) is 17.8 Å². The highest BCUT2D eigenvalue weighted by Crippen LogP contribution is 2.51. The fourth-order valence-electron chi connectivity index (χ4n) is 3.63. The van der Waals surface area contributed by atoms with Crippen LogP contribution < -0.4 is 0 Å². The molecule has 3 atom stereocenters. The number of piperidine rings is 1. The highest BCUT2D eigenvalue weighted by atomic mass is 16.4. The first-order valence-electron chi connectivity index (χ1n) is 8.09. The summed E-state index contributed by atoms with van der Waals surface area (Å²) in [6.45, 7) is 6.42. The molecule has 1 aliphatic carbocycles. The number of nitrogens with zero attached hydrogens (tertiary/aromatic N) is 1. The molecule has 0 radical (unpaired) electrons. The predicted octanol–water partition coefficient (Wildman–Crippen LogP) is 2.15. The molecular weight excluding hydrogens is 278 g/mol. The number of rotatable bonds is 6. The molecule has 120 valence electrons. The van der Waals surface area contributed by atoms with E-state index >= 15 is 0 Å². The molecule has 0 aromatic heterocycles. The number of hydrogen-bond donors (Lipinski definition) is 2. The quantitative estimate of drug-likeness (QED) is 0.845. The van der Waals surface area contributed by atoms with E-state index in [0.717, 1.165) is 32.5 Å². The topological polar surface area (TPSA) is 60.8 Å². The Kier molecular flexibility index (Phi) is 4.00. The van der Waals surface area contributed by atoms with E-state index in [4.69, 9.17) is 5.11 Å². The Hall–Kier alpha value is -1.39. The van der Waals surface area contributed by atoms with Gasteiger partial charge in [0.15, 0.2) is 0 Å². The van der Waals surface area contributed by atoms with E-state index < -0.39 is 11.6 Å². The third-order valence-electron chi connectivity index (χ3n) is 5.01. The van der Waals surface area contributed by atoms with E-state index in [1.54, 1.807) is 0 Å². The molecule has 4 nitrogen and oxygen atoms in total. The van der Waals surface area contributed by atoms with Crippen LogP contribution in [0.25, 0.3) is 0 Å². The SMILES string of the molecule is CC(C)(O)CCc1ccc(CN2C[C@@H]3C(C(=O)O)[C@@H]3C2)cc1. The molecule has 2 aliphatic rings.